The van der Waals surface area contributed by atoms with Gasteiger partial charge in [-0.25, -0.2) is 9.37 Å². The lowest BCUT2D eigenvalue weighted by atomic mass is 9.79. The van der Waals surface area contributed by atoms with Crippen molar-refractivity contribution >= 4 is 62.4 Å². The molecule has 0 spiro atoms. The Labute approximate surface area is 316 Å². The predicted octanol–water partition coefficient (Wildman–Crippen LogP) is 9.19. The minimum Gasteiger partial charge on any atom is -0.367 e. The lowest BCUT2D eigenvalue weighted by Crippen LogP contribution is -2.41. The molecule has 268 valence electrons. The maximum atomic E-state index is 17.2. The van der Waals surface area contributed by atoms with Gasteiger partial charge < -0.3 is 19.5 Å². The summed E-state index contributed by atoms with van der Waals surface area (Å²) < 4.78 is 30.9. The molecule has 0 radical (unpaired) electrons. The molecule has 5 aromatic rings. The average Bonchev–Trinajstić information content (AvgIpc) is 3.56. The number of likely N-dealkylation sites (tertiary alicyclic amines) is 1. The summed E-state index contributed by atoms with van der Waals surface area (Å²) in [6, 6.07) is 11.9. The summed E-state index contributed by atoms with van der Waals surface area (Å²) in [7, 11) is 0. The summed E-state index contributed by atoms with van der Waals surface area (Å²) in [6.07, 6.45) is 3.75. The Bertz CT molecular complexity index is 2300. The second-order valence-corrected chi connectivity index (χ2v) is 16.5. The van der Waals surface area contributed by atoms with E-state index >= 15 is 4.39 Å². The van der Waals surface area contributed by atoms with Crippen molar-refractivity contribution in [3.05, 3.63) is 79.8 Å². The Morgan fingerprint density at radius 3 is 2.73 bits per heavy atom. The zero-order valence-corrected chi connectivity index (χ0v) is 31.6. The molecule has 5 fully saturated rings. The quantitative estimate of drug-likeness (QED) is 0.161. The highest BCUT2D eigenvalue weighted by molar-refractivity contribution is 7.03. The predicted molar refractivity (Wildman–Crippen MR) is 202 cm³/mol. The molecule has 2 aromatic carbocycles. The van der Waals surface area contributed by atoms with Crippen molar-refractivity contribution in [1.82, 2.24) is 24.1 Å². The van der Waals surface area contributed by atoms with Crippen LogP contribution in [0, 0.1) is 42.8 Å². The Hall–Kier alpha value is -3.59. The smallest absolute Gasteiger partial charge is 0.226 e. The number of hydrogen-bond donors (Lipinski definition) is 1. The normalized spacial score (nSPS) is 24.5. The molecule has 6 heterocycles. The van der Waals surface area contributed by atoms with Crippen LogP contribution in [-0.2, 0) is 16.0 Å². The van der Waals surface area contributed by atoms with E-state index in [-0.39, 0.29) is 59.1 Å². The van der Waals surface area contributed by atoms with Crippen LogP contribution in [0.3, 0.4) is 0 Å². The number of carbonyl (C=O) groups is 1. The zero-order valence-electron chi connectivity index (χ0n) is 29.3. The van der Waals surface area contributed by atoms with Gasteiger partial charge in [0.25, 0.3) is 0 Å². The number of nitrogens with one attached hydrogen (secondary N) is 1. The summed E-state index contributed by atoms with van der Waals surface area (Å²) in [6.45, 7) is 7.47. The highest BCUT2D eigenvalue weighted by Gasteiger charge is 2.51. The molecule has 5 aliphatic rings. The number of aryl methyl sites for hydroxylation is 3. The molecule has 1 amide bonds. The average molecular weight is 758 g/mol. The minimum atomic E-state index is -0.477. The van der Waals surface area contributed by atoms with Crippen molar-refractivity contribution in [3.63, 3.8) is 0 Å². The van der Waals surface area contributed by atoms with E-state index in [1.54, 1.807) is 18.2 Å². The van der Waals surface area contributed by atoms with E-state index < -0.39 is 5.82 Å². The topological polar surface area (TPSA) is 96.1 Å². The number of ether oxygens (including phenoxy) is 1. The van der Waals surface area contributed by atoms with Gasteiger partial charge in [0.2, 0.25) is 5.91 Å². The van der Waals surface area contributed by atoms with Gasteiger partial charge in [0.15, 0.2) is 5.82 Å². The van der Waals surface area contributed by atoms with Crippen LogP contribution in [-0.4, -0.2) is 50.0 Å². The summed E-state index contributed by atoms with van der Waals surface area (Å²) in [5.74, 6) is 0.183. The first-order chi connectivity index (χ1) is 25.1. The van der Waals surface area contributed by atoms with Crippen LogP contribution in [0.5, 0.6) is 0 Å². The number of amides is 1. The number of hydrogen-bond acceptors (Lipinski definition) is 7. The standard InChI is InChI=1S/C40H39Cl2FN6O2S/c1-19-18-52-47-36(19)21(3)51-25-14-31(48(17-25)40(50)22-9-10-22)32-15-27-20(2)46-37-28(39(27)49(32)38-24-13-30(38)45-16-24)12-23(6-5-11-44)33(35(37)43)26-7-4-8-29(41)34(26)42/h4,7-8,12,15,18,21-22,24-25,30-31,38,45H,5-6,9-10,13-14,16-17H2,1-3H3/t21?,24-,25+,30-,31-,38+/m1/s1. The van der Waals surface area contributed by atoms with Crippen molar-refractivity contribution in [3.8, 4) is 17.2 Å². The van der Waals surface area contributed by atoms with E-state index in [0.29, 0.717) is 58.1 Å². The van der Waals surface area contributed by atoms with Gasteiger partial charge in [0, 0.05) is 76.6 Å². The molecule has 6 atom stereocenters. The maximum Gasteiger partial charge on any atom is 0.226 e. The fourth-order valence-corrected chi connectivity index (χ4v) is 10.3. The first kappa shape index (κ1) is 34.2. The van der Waals surface area contributed by atoms with Crippen LogP contribution in [0.4, 0.5) is 4.39 Å². The fraction of sp³-hybridized carbons (Fsp3) is 0.450. The summed E-state index contributed by atoms with van der Waals surface area (Å²) in [5.41, 5.74) is 6.49. The van der Waals surface area contributed by atoms with Crippen LogP contribution in [0.15, 0.2) is 35.7 Å². The molecule has 1 unspecified atom stereocenters. The third-order valence-corrected chi connectivity index (χ3v) is 13.4. The van der Waals surface area contributed by atoms with Crippen LogP contribution in [0.1, 0.15) is 85.4 Å². The molecule has 10 rings (SSSR count). The van der Waals surface area contributed by atoms with E-state index in [0.717, 1.165) is 53.7 Å². The number of nitrogens with zero attached hydrogens (tertiary/aromatic N) is 5. The van der Waals surface area contributed by atoms with Gasteiger partial charge in [0.1, 0.15) is 5.52 Å². The number of carbonyl (C=O) groups excluding carboxylic acids is 1. The van der Waals surface area contributed by atoms with Crippen molar-refractivity contribution in [2.45, 2.75) is 89.6 Å². The Morgan fingerprint density at radius 2 is 2.04 bits per heavy atom. The van der Waals surface area contributed by atoms with Crippen LogP contribution in [0.25, 0.3) is 32.9 Å². The number of pyridine rings is 1. The molecule has 2 bridgehead atoms. The van der Waals surface area contributed by atoms with Crippen molar-refractivity contribution < 1.29 is 13.9 Å². The molecule has 3 saturated heterocycles. The molecule has 8 nitrogen and oxygen atoms in total. The highest BCUT2D eigenvalue weighted by Crippen LogP contribution is 2.51. The third kappa shape index (κ3) is 5.46. The molecular formula is C40H39Cl2FN6O2S. The lowest BCUT2D eigenvalue weighted by Gasteiger charge is -2.39. The number of nitriles is 1. The van der Waals surface area contributed by atoms with Gasteiger partial charge in [-0.2, -0.15) is 9.64 Å². The van der Waals surface area contributed by atoms with E-state index in [1.807, 2.05) is 25.3 Å². The lowest BCUT2D eigenvalue weighted by molar-refractivity contribution is -0.134. The van der Waals surface area contributed by atoms with Gasteiger partial charge >= 0.3 is 0 Å². The van der Waals surface area contributed by atoms with Crippen LogP contribution < -0.4 is 5.32 Å². The van der Waals surface area contributed by atoms with Crippen LogP contribution >= 0.6 is 34.7 Å². The number of fused-ring (bicyclic) bond motifs is 4. The molecule has 1 N–H and O–H groups in total. The largest absolute Gasteiger partial charge is 0.367 e. The van der Waals surface area contributed by atoms with Crippen molar-refractivity contribution in [2.75, 3.05) is 13.1 Å². The maximum absolute atomic E-state index is 17.2. The van der Waals surface area contributed by atoms with E-state index in [9.17, 15) is 10.1 Å². The number of rotatable bonds is 9. The van der Waals surface area contributed by atoms with Crippen molar-refractivity contribution in [1.29, 1.82) is 5.26 Å². The Balaban J connectivity index is 1.24. The number of aromatic nitrogens is 3. The Kier molecular flexibility index (Phi) is 8.59. The van der Waals surface area contributed by atoms with E-state index in [4.69, 9.17) is 32.9 Å². The molecule has 3 aromatic heterocycles. The molecule has 52 heavy (non-hydrogen) atoms. The second kappa shape index (κ2) is 13.1. The zero-order chi connectivity index (χ0) is 36.0. The Morgan fingerprint density at radius 1 is 1.21 bits per heavy atom. The molecule has 3 aliphatic heterocycles. The number of benzene rings is 2. The molecule has 2 saturated carbocycles. The first-order valence-electron chi connectivity index (χ1n) is 18.2. The minimum absolute atomic E-state index is 0.0524. The monoisotopic (exact) mass is 756 g/mol. The fourth-order valence-electron chi connectivity index (χ4n) is 9.13. The van der Waals surface area contributed by atoms with E-state index in [1.165, 1.54) is 11.5 Å². The molecule has 12 heteroatoms. The molecule has 2 aliphatic carbocycles. The second-order valence-electron chi connectivity index (χ2n) is 15.1. The third-order valence-electron chi connectivity index (χ3n) is 11.8. The van der Waals surface area contributed by atoms with Gasteiger partial charge in [-0.3, -0.25) is 4.79 Å². The first-order valence-corrected chi connectivity index (χ1v) is 19.8. The highest BCUT2D eigenvalue weighted by atomic mass is 35.5. The van der Waals surface area contributed by atoms with Gasteiger partial charge in [-0.05, 0) is 93.2 Å². The van der Waals surface area contributed by atoms with Crippen molar-refractivity contribution in [2.24, 2.45) is 11.8 Å². The van der Waals surface area contributed by atoms with Gasteiger partial charge in [-0.1, -0.05) is 35.3 Å². The number of halogens is 3. The van der Waals surface area contributed by atoms with E-state index in [2.05, 4.69) is 38.2 Å². The van der Waals surface area contributed by atoms with Gasteiger partial charge in [-0.15, -0.1) is 0 Å². The van der Waals surface area contributed by atoms with Gasteiger partial charge in [0.05, 0.1) is 51.6 Å². The van der Waals surface area contributed by atoms with Crippen LogP contribution in [0.2, 0.25) is 10.0 Å². The summed E-state index contributed by atoms with van der Waals surface area (Å²) in [5, 5.41) is 17.6. The SMILES string of the molecule is Cc1csnc1C(C)O[C@H]1C[C@H](c2cc3c(C)nc4c(F)c(-c5cccc(Cl)c5Cl)c(CCC#N)cc4c3n2[C@H]2[C@H]3CN[C@@H]2C3)N(C(=O)C2CC2)C1. The summed E-state index contributed by atoms with van der Waals surface area (Å²) >= 11 is 14.6. The summed E-state index contributed by atoms with van der Waals surface area (Å²) in [4.78, 5) is 21.0. The molecular weight excluding hydrogens is 718 g/mol.